The minimum atomic E-state index is 0.258. The zero-order chi connectivity index (χ0) is 17.3. The van der Waals surface area contributed by atoms with Gasteiger partial charge in [-0.25, -0.2) is 0 Å². The van der Waals surface area contributed by atoms with Crippen molar-refractivity contribution in [1.82, 2.24) is 4.90 Å². The molecule has 0 radical (unpaired) electrons. The fraction of sp³-hybridized carbons (Fsp3) is 0.455. The van der Waals surface area contributed by atoms with Crippen molar-refractivity contribution in [3.8, 4) is 0 Å². The first-order chi connectivity index (χ1) is 12.4. The number of benzene rings is 2. The molecule has 1 heterocycles. The minimum Gasteiger partial charge on any atom is -0.396 e. The summed E-state index contributed by atoms with van der Waals surface area (Å²) in [5.74, 6) is 0.366. The van der Waals surface area contributed by atoms with Crippen molar-refractivity contribution in [1.29, 1.82) is 0 Å². The Morgan fingerprint density at radius 3 is 2.20 bits per heavy atom. The Morgan fingerprint density at radius 1 is 0.960 bits per heavy atom. The molecule has 1 N–H and O–H groups in total. The number of hydrogen-bond acceptors (Lipinski definition) is 3. The van der Waals surface area contributed by atoms with Crippen LogP contribution in [0.1, 0.15) is 36.3 Å². The van der Waals surface area contributed by atoms with Crippen LogP contribution in [0.5, 0.6) is 0 Å². The van der Waals surface area contributed by atoms with Crippen LogP contribution in [-0.2, 0) is 4.74 Å². The van der Waals surface area contributed by atoms with Gasteiger partial charge in [0.1, 0.15) is 0 Å². The van der Waals surface area contributed by atoms with Gasteiger partial charge in [-0.3, -0.25) is 4.90 Å². The third kappa shape index (κ3) is 5.40. The van der Waals surface area contributed by atoms with E-state index in [1.165, 1.54) is 11.1 Å². The van der Waals surface area contributed by atoms with Crippen LogP contribution in [0.3, 0.4) is 0 Å². The lowest BCUT2D eigenvalue weighted by molar-refractivity contribution is -0.0342. The summed E-state index contributed by atoms with van der Waals surface area (Å²) in [6.07, 6.45) is 3.21. The molecule has 0 aliphatic carbocycles. The fourth-order valence-corrected chi connectivity index (χ4v) is 3.67. The predicted octanol–water partition coefficient (Wildman–Crippen LogP) is 3.68. The number of ether oxygens (including phenoxy) is 1. The quantitative estimate of drug-likeness (QED) is 0.745. The number of morpholine rings is 1. The van der Waals surface area contributed by atoms with Gasteiger partial charge in [0, 0.05) is 25.6 Å². The van der Waals surface area contributed by atoms with Crippen LogP contribution >= 0.6 is 0 Å². The maximum Gasteiger partial charge on any atom is 0.0711 e. The first-order valence-electron chi connectivity index (χ1n) is 9.41. The lowest BCUT2D eigenvalue weighted by atomic mass is 9.86. The van der Waals surface area contributed by atoms with E-state index in [-0.39, 0.29) is 12.7 Å². The monoisotopic (exact) mass is 339 g/mol. The van der Waals surface area contributed by atoms with Gasteiger partial charge in [-0.2, -0.15) is 0 Å². The van der Waals surface area contributed by atoms with Crippen molar-refractivity contribution in [2.75, 3.05) is 32.8 Å². The second-order valence-corrected chi connectivity index (χ2v) is 6.83. The number of nitrogens with zero attached hydrogens (tertiary/aromatic N) is 1. The van der Waals surface area contributed by atoms with E-state index in [1.807, 2.05) is 0 Å². The molecule has 1 aliphatic heterocycles. The van der Waals surface area contributed by atoms with Gasteiger partial charge in [0.15, 0.2) is 0 Å². The van der Waals surface area contributed by atoms with E-state index in [4.69, 9.17) is 9.84 Å². The Hall–Kier alpha value is -1.68. The standard InChI is InChI=1S/C22H29NO2/c24-15-8-7-13-23-14-16-25-21(18-23)17-22(19-9-3-1-4-10-19)20-11-5-2-6-12-20/h1-6,9-12,21-22,24H,7-8,13-18H2. The number of unbranched alkanes of at least 4 members (excludes halogenated alkanes) is 1. The highest BCUT2D eigenvalue weighted by molar-refractivity contribution is 5.32. The van der Waals surface area contributed by atoms with Gasteiger partial charge in [0.05, 0.1) is 12.7 Å². The molecular formula is C22H29NO2. The summed E-state index contributed by atoms with van der Waals surface area (Å²) in [6, 6.07) is 21.5. The number of hydrogen-bond donors (Lipinski definition) is 1. The summed E-state index contributed by atoms with van der Waals surface area (Å²) >= 11 is 0. The average molecular weight is 339 g/mol. The first kappa shape index (κ1) is 18.1. The summed E-state index contributed by atoms with van der Waals surface area (Å²) in [6.45, 7) is 4.14. The van der Waals surface area contributed by atoms with Gasteiger partial charge in [-0.1, -0.05) is 60.7 Å². The molecule has 0 amide bonds. The van der Waals surface area contributed by atoms with Gasteiger partial charge in [-0.15, -0.1) is 0 Å². The SMILES string of the molecule is OCCCCN1CCOC(CC(c2ccccc2)c2ccccc2)C1. The summed E-state index contributed by atoms with van der Waals surface area (Å²) in [5.41, 5.74) is 2.71. The van der Waals surface area contributed by atoms with Gasteiger partial charge >= 0.3 is 0 Å². The van der Waals surface area contributed by atoms with E-state index in [2.05, 4.69) is 65.6 Å². The number of aliphatic hydroxyl groups excluding tert-OH is 1. The topological polar surface area (TPSA) is 32.7 Å². The number of aliphatic hydroxyl groups is 1. The molecule has 0 aromatic heterocycles. The third-order valence-electron chi connectivity index (χ3n) is 5.01. The first-order valence-corrected chi connectivity index (χ1v) is 9.41. The third-order valence-corrected chi connectivity index (χ3v) is 5.01. The Bertz CT molecular complexity index is 562. The van der Waals surface area contributed by atoms with Crippen LogP contribution in [0.15, 0.2) is 60.7 Å². The molecule has 1 atom stereocenters. The summed E-state index contributed by atoms with van der Waals surface area (Å²) in [7, 11) is 0. The van der Waals surface area contributed by atoms with Gasteiger partial charge in [0.2, 0.25) is 0 Å². The smallest absolute Gasteiger partial charge is 0.0711 e. The van der Waals surface area contributed by atoms with E-state index in [0.717, 1.165) is 45.5 Å². The maximum absolute atomic E-state index is 8.98. The van der Waals surface area contributed by atoms with E-state index >= 15 is 0 Å². The zero-order valence-corrected chi connectivity index (χ0v) is 14.9. The summed E-state index contributed by atoms with van der Waals surface area (Å²) < 4.78 is 6.10. The molecular weight excluding hydrogens is 310 g/mol. The van der Waals surface area contributed by atoms with Gasteiger partial charge in [0.25, 0.3) is 0 Å². The highest BCUT2D eigenvalue weighted by atomic mass is 16.5. The molecule has 2 aromatic carbocycles. The van der Waals surface area contributed by atoms with Crippen molar-refractivity contribution < 1.29 is 9.84 Å². The molecule has 134 valence electrons. The molecule has 1 unspecified atom stereocenters. The second kappa shape index (κ2) is 9.71. The van der Waals surface area contributed by atoms with Crippen LogP contribution in [0, 0.1) is 0 Å². The van der Waals surface area contributed by atoms with Crippen molar-refractivity contribution in [2.45, 2.75) is 31.3 Å². The zero-order valence-electron chi connectivity index (χ0n) is 14.9. The lowest BCUT2D eigenvalue weighted by Crippen LogP contribution is -2.43. The van der Waals surface area contributed by atoms with Crippen LogP contribution in [0.4, 0.5) is 0 Å². The molecule has 3 rings (SSSR count). The van der Waals surface area contributed by atoms with Crippen LogP contribution in [-0.4, -0.2) is 49.0 Å². The van der Waals surface area contributed by atoms with Crippen molar-refractivity contribution >= 4 is 0 Å². The molecule has 3 heteroatoms. The molecule has 2 aromatic rings. The minimum absolute atomic E-state index is 0.258. The van der Waals surface area contributed by atoms with E-state index < -0.39 is 0 Å². The Morgan fingerprint density at radius 2 is 1.60 bits per heavy atom. The molecule has 1 saturated heterocycles. The molecule has 3 nitrogen and oxygen atoms in total. The number of rotatable bonds is 8. The average Bonchev–Trinajstić information content (AvgIpc) is 2.68. The highest BCUT2D eigenvalue weighted by Crippen LogP contribution is 2.30. The molecule has 25 heavy (non-hydrogen) atoms. The molecule has 0 bridgehead atoms. The van der Waals surface area contributed by atoms with E-state index in [1.54, 1.807) is 0 Å². The fourth-order valence-electron chi connectivity index (χ4n) is 3.67. The summed E-state index contributed by atoms with van der Waals surface area (Å²) in [5, 5.41) is 8.98. The Balaban J connectivity index is 1.68. The van der Waals surface area contributed by atoms with Crippen molar-refractivity contribution in [3.05, 3.63) is 71.8 Å². The maximum atomic E-state index is 8.98. The second-order valence-electron chi connectivity index (χ2n) is 6.83. The van der Waals surface area contributed by atoms with E-state index in [9.17, 15) is 0 Å². The molecule has 1 fully saturated rings. The van der Waals surface area contributed by atoms with Crippen molar-refractivity contribution in [3.63, 3.8) is 0 Å². The summed E-state index contributed by atoms with van der Waals surface area (Å²) in [4.78, 5) is 2.48. The Labute approximate surface area is 151 Å². The largest absolute Gasteiger partial charge is 0.396 e. The van der Waals surface area contributed by atoms with Crippen LogP contribution in [0.25, 0.3) is 0 Å². The normalized spacial score (nSPS) is 18.6. The molecule has 0 saturated carbocycles. The Kier molecular flexibility index (Phi) is 7.04. The van der Waals surface area contributed by atoms with Gasteiger partial charge < -0.3 is 9.84 Å². The van der Waals surface area contributed by atoms with Crippen molar-refractivity contribution in [2.24, 2.45) is 0 Å². The molecule has 1 aliphatic rings. The lowest BCUT2D eigenvalue weighted by Gasteiger charge is -2.35. The predicted molar refractivity (Wildman–Crippen MR) is 102 cm³/mol. The van der Waals surface area contributed by atoms with Crippen LogP contribution in [0.2, 0.25) is 0 Å². The van der Waals surface area contributed by atoms with Crippen LogP contribution < -0.4 is 0 Å². The van der Waals surface area contributed by atoms with Gasteiger partial charge in [-0.05, 0) is 36.9 Å². The van der Waals surface area contributed by atoms with E-state index in [0.29, 0.717) is 5.92 Å². The molecule has 0 spiro atoms. The highest BCUT2D eigenvalue weighted by Gasteiger charge is 2.25.